The van der Waals surface area contributed by atoms with Gasteiger partial charge >= 0.3 is 5.97 Å². The first-order valence-electron chi connectivity index (χ1n) is 5.48. The highest BCUT2D eigenvalue weighted by molar-refractivity contribution is 5.81. The second kappa shape index (κ2) is 5.10. The van der Waals surface area contributed by atoms with Crippen LogP contribution >= 0.6 is 0 Å². The number of esters is 1. The number of carbonyl (C=O) groups is 1. The lowest BCUT2D eigenvalue weighted by atomic mass is 9.92. The van der Waals surface area contributed by atoms with E-state index in [1.54, 1.807) is 19.1 Å². The number of rotatable bonds is 4. The molecule has 0 aliphatic heterocycles. The minimum Gasteiger partial charge on any atom is -0.463 e. The molecule has 0 saturated heterocycles. The molecule has 1 aromatic rings. The Labute approximate surface area is 95.4 Å². The van der Waals surface area contributed by atoms with E-state index >= 15 is 0 Å². The van der Waals surface area contributed by atoms with Crippen molar-refractivity contribution in [3.8, 4) is 0 Å². The number of aryl methyl sites for hydroxylation is 1. The highest BCUT2D eigenvalue weighted by Gasteiger charge is 2.38. The molecule has 0 spiro atoms. The Morgan fingerprint density at radius 3 is 2.56 bits per heavy atom. The van der Waals surface area contributed by atoms with Crippen molar-refractivity contribution in [1.82, 2.24) is 0 Å². The van der Waals surface area contributed by atoms with E-state index in [0.717, 1.165) is 5.56 Å². The summed E-state index contributed by atoms with van der Waals surface area (Å²) < 4.78 is 19.1. The third-order valence-corrected chi connectivity index (χ3v) is 2.56. The fourth-order valence-corrected chi connectivity index (χ4v) is 1.66. The highest BCUT2D eigenvalue weighted by Crippen LogP contribution is 2.30. The Hall–Kier alpha value is -1.38. The fourth-order valence-electron chi connectivity index (χ4n) is 1.66. The molecule has 16 heavy (non-hydrogen) atoms. The van der Waals surface area contributed by atoms with Gasteiger partial charge in [0.05, 0.1) is 6.61 Å². The van der Waals surface area contributed by atoms with Crippen LogP contribution in [0.4, 0.5) is 4.39 Å². The van der Waals surface area contributed by atoms with Gasteiger partial charge in [-0.2, -0.15) is 0 Å². The van der Waals surface area contributed by atoms with Crippen LogP contribution in [-0.4, -0.2) is 12.6 Å². The molecule has 1 unspecified atom stereocenters. The van der Waals surface area contributed by atoms with Gasteiger partial charge in [-0.25, -0.2) is 9.18 Å². The van der Waals surface area contributed by atoms with Crippen molar-refractivity contribution in [2.45, 2.75) is 32.9 Å². The Balaban J connectivity index is 3.10. The molecule has 3 heteroatoms. The zero-order valence-electron chi connectivity index (χ0n) is 9.92. The predicted molar refractivity (Wildman–Crippen MR) is 60.9 cm³/mol. The van der Waals surface area contributed by atoms with Gasteiger partial charge in [0, 0.05) is 5.56 Å². The van der Waals surface area contributed by atoms with Crippen LogP contribution in [-0.2, 0) is 21.6 Å². The molecule has 2 nitrogen and oxygen atoms in total. The molecular formula is C13H17FO2. The Morgan fingerprint density at radius 2 is 2.00 bits per heavy atom. The van der Waals surface area contributed by atoms with Crippen molar-refractivity contribution in [3.05, 3.63) is 35.4 Å². The molecule has 0 aliphatic rings. The van der Waals surface area contributed by atoms with Crippen molar-refractivity contribution in [2.24, 2.45) is 0 Å². The molecule has 0 bridgehead atoms. The van der Waals surface area contributed by atoms with E-state index in [1.807, 2.05) is 19.1 Å². The van der Waals surface area contributed by atoms with E-state index < -0.39 is 11.6 Å². The van der Waals surface area contributed by atoms with E-state index in [1.165, 1.54) is 6.92 Å². The molecule has 0 saturated carbocycles. The van der Waals surface area contributed by atoms with Gasteiger partial charge in [-0.15, -0.1) is 0 Å². The first-order chi connectivity index (χ1) is 7.54. The van der Waals surface area contributed by atoms with Crippen molar-refractivity contribution in [3.63, 3.8) is 0 Å². The molecule has 1 aromatic carbocycles. The zero-order chi connectivity index (χ0) is 12.2. The van der Waals surface area contributed by atoms with Crippen LogP contribution in [0.3, 0.4) is 0 Å². The highest BCUT2D eigenvalue weighted by atomic mass is 19.1. The van der Waals surface area contributed by atoms with Crippen LogP contribution in [0.1, 0.15) is 31.9 Å². The number of alkyl halides is 1. The summed E-state index contributed by atoms with van der Waals surface area (Å²) in [5.74, 6) is -0.823. The first kappa shape index (κ1) is 12.7. The Bertz CT molecular complexity index is 372. The lowest BCUT2D eigenvalue weighted by Gasteiger charge is -2.21. The minimum absolute atomic E-state index is 0.187. The van der Waals surface area contributed by atoms with Crippen LogP contribution in [0.5, 0.6) is 0 Å². The summed E-state index contributed by atoms with van der Waals surface area (Å²) >= 11 is 0. The number of hydrogen-bond donors (Lipinski definition) is 0. The molecule has 0 amide bonds. The fraction of sp³-hybridized carbons (Fsp3) is 0.462. The molecular weight excluding hydrogens is 207 g/mol. The van der Waals surface area contributed by atoms with Gasteiger partial charge in [-0.1, -0.05) is 31.2 Å². The van der Waals surface area contributed by atoms with Gasteiger partial charge in [0.1, 0.15) is 0 Å². The summed E-state index contributed by atoms with van der Waals surface area (Å²) in [6.07, 6.45) is 0.690. The summed E-state index contributed by atoms with van der Waals surface area (Å²) in [6.45, 7) is 5.03. The Morgan fingerprint density at radius 1 is 1.38 bits per heavy atom. The molecule has 0 aliphatic carbocycles. The molecule has 0 heterocycles. The zero-order valence-corrected chi connectivity index (χ0v) is 9.92. The molecule has 0 aromatic heterocycles. The van der Waals surface area contributed by atoms with E-state index in [0.29, 0.717) is 12.0 Å². The number of ether oxygens (including phenoxy) is 1. The SMILES string of the molecule is CCOC(=O)C(C)(F)c1ccccc1CC. The van der Waals surface area contributed by atoms with Gasteiger partial charge in [0.25, 0.3) is 0 Å². The summed E-state index contributed by atoms with van der Waals surface area (Å²) in [7, 11) is 0. The largest absolute Gasteiger partial charge is 0.463 e. The quantitative estimate of drug-likeness (QED) is 0.735. The molecule has 0 fully saturated rings. The third-order valence-electron chi connectivity index (χ3n) is 2.56. The van der Waals surface area contributed by atoms with E-state index in [9.17, 15) is 9.18 Å². The van der Waals surface area contributed by atoms with Crippen LogP contribution in [0.15, 0.2) is 24.3 Å². The van der Waals surface area contributed by atoms with E-state index in [4.69, 9.17) is 4.74 Å². The average molecular weight is 224 g/mol. The predicted octanol–water partition coefficient (Wildman–Crippen LogP) is 3.00. The number of carbonyl (C=O) groups excluding carboxylic acids is 1. The molecule has 1 atom stereocenters. The van der Waals surface area contributed by atoms with Crippen molar-refractivity contribution in [2.75, 3.05) is 6.61 Å². The van der Waals surface area contributed by atoms with Crippen molar-refractivity contribution in [1.29, 1.82) is 0 Å². The van der Waals surface area contributed by atoms with Crippen LogP contribution in [0, 0.1) is 0 Å². The summed E-state index contributed by atoms with van der Waals surface area (Å²) in [6, 6.07) is 7.03. The number of hydrogen-bond acceptors (Lipinski definition) is 2. The minimum atomic E-state index is -2.07. The lowest BCUT2D eigenvalue weighted by Crippen LogP contribution is -2.30. The maximum atomic E-state index is 14.4. The molecule has 0 N–H and O–H groups in total. The molecule has 1 rings (SSSR count). The smallest absolute Gasteiger partial charge is 0.348 e. The normalized spacial score (nSPS) is 14.2. The summed E-state index contributed by atoms with van der Waals surface area (Å²) in [5.41, 5.74) is -0.834. The Kier molecular flexibility index (Phi) is 4.05. The van der Waals surface area contributed by atoms with Crippen LogP contribution in [0.25, 0.3) is 0 Å². The van der Waals surface area contributed by atoms with Gasteiger partial charge in [-0.05, 0) is 25.8 Å². The van der Waals surface area contributed by atoms with E-state index in [2.05, 4.69) is 0 Å². The molecule has 0 radical (unpaired) electrons. The van der Waals surface area contributed by atoms with Crippen molar-refractivity contribution >= 4 is 5.97 Å². The maximum absolute atomic E-state index is 14.4. The van der Waals surface area contributed by atoms with Crippen molar-refractivity contribution < 1.29 is 13.9 Å². The summed E-state index contributed by atoms with van der Waals surface area (Å²) in [4.78, 5) is 11.5. The van der Waals surface area contributed by atoms with E-state index in [-0.39, 0.29) is 6.61 Å². The molecule has 88 valence electrons. The topological polar surface area (TPSA) is 26.3 Å². The van der Waals surface area contributed by atoms with Gasteiger partial charge < -0.3 is 4.74 Å². The monoisotopic (exact) mass is 224 g/mol. The standard InChI is InChI=1S/C13H17FO2/c1-4-10-8-6-7-9-11(10)13(3,14)12(15)16-5-2/h6-9H,4-5H2,1-3H3. The third kappa shape index (κ3) is 2.40. The lowest BCUT2D eigenvalue weighted by molar-refractivity contribution is -0.156. The van der Waals surface area contributed by atoms with Crippen LogP contribution in [0.2, 0.25) is 0 Å². The second-order valence-electron chi connectivity index (χ2n) is 3.73. The van der Waals surface area contributed by atoms with Gasteiger partial charge in [0.2, 0.25) is 5.67 Å². The van der Waals surface area contributed by atoms with Gasteiger partial charge in [0.15, 0.2) is 0 Å². The van der Waals surface area contributed by atoms with Gasteiger partial charge in [-0.3, -0.25) is 0 Å². The second-order valence-corrected chi connectivity index (χ2v) is 3.73. The maximum Gasteiger partial charge on any atom is 0.348 e. The summed E-state index contributed by atoms with van der Waals surface area (Å²) in [5, 5.41) is 0. The average Bonchev–Trinajstić information content (AvgIpc) is 2.29. The number of benzene rings is 1. The number of halogens is 1. The van der Waals surface area contributed by atoms with Crippen LogP contribution < -0.4 is 0 Å². The first-order valence-corrected chi connectivity index (χ1v) is 5.48.